The van der Waals surface area contributed by atoms with Crippen molar-refractivity contribution >= 4 is 23.4 Å². The second kappa shape index (κ2) is 7.46. The van der Waals surface area contributed by atoms with E-state index in [9.17, 15) is 4.79 Å². The second-order valence-electron chi connectivity index (χ2n) is 9.37. The highest BCUT2D eigenvalue weighted by Crippen LogP contribution is 2.60. The van der Waals surface area contributed by atoms with Crippen LogP contribution in [0.3, 0.4) is 0 Å². The monoisotopic (exact) mass is 411 g/mol. The number of amides is 1. The highest BCUT2D eigenvalue weighted by atomic mass is 32.2. The molecule has 1 N–H and O–H groups in total. The molecule has 1 atom stereocenters. The topological polar surface area (TPSA) is 68.0 Å². The third-order valence-corrected chi connectivity index (χ3v) is 8.11. The summed E-state index contributed by atoms with van der Waals surface area (Å²) < 4.78 is 6.13. The molecular weight excluding hydrogens is 382 g/mol. The van der Waals surface area contributed by atoms with Crippen LogP contribution in [0.4, 0.5) is 5.69 Å². The number of thioether (sulfide) groups is 1. The Morgan fingerprint density at radius 2 is 1.76 bits per heavy atom. The maximum Gasteiger partial charge on any atom is 0.277 e. The summed E-state index contributed by atoms with van der Waals surface area (Å²) in [7, 11) is 0. The van der Waals surface area contributed by atoms with Gasteiger partial charge < -0.3 is 9.73 Å². The number of hydrogen-bond donors (Lipinski definition) is 1. The van der Waals surface area contributed by atoms with Gasteiger partial charge in [-0.1, -0.05) is 30.8 Å². The second-order valence-corrected chi connectivity index (χ2v) is 10.7. The van der Waals surface area contributed by atoms with Gasteiger partial charge in [0.1, 0.15) is 0 Å². The molecule has 0 spiro atoms. The molecule has 4 aliphatic rings. The minimum atomic E-state index is -0.300. The van der Waals surface area contributed by atoms with E-state index < -0.39 is 0 Å². The van der Waals surface area contributed by atoms with Gasteiger partial charge in [-0.25, -0.2) is 0 Å². The number of aromatic nitrogens is 2. The Hall–Kier alpha value is -1.82. The van der Waals surface area contributed by atoms with Gasteiger partial charge in [0.2, 0.25) is 11.8 Å². The lowest BCUT2D eigenvalue weighted by Gasteiger charge is -2.55. The first-order chi connectivity index (χ1) is 14.0. The number of aryl methyl sites for hydroxylation is 1. The summed E-state index contributed by atoms with van der Waals surface area (Å²) in [6.45, 7) is 4.00. The Bertz CT molecular complexity index is 856. The van der Waals surface area contributed by atoms with Crippen molar-refractivity contribution in [2.75, 3.05) is 5.32 Å². The summed E-state index contributed by atoms with van der Waals surface area (Å²) in [5.41, 5.74) is 2.18. The average Bonchev–Trinajstić information content (AvgIpc) is 3.17. The lowest BCUT2D eigenvalue weighted by Crippen LogP contribution is -2.48. The van der Waals surface area contributed by atoms with Gasteiger partial charge in [0, 0.05) is 11.1 Å². The van der Waals surface area contributed by atoms with E-state index in [-0.39, 0.29) is 16.6 Å². The van der Waals surface area contributed by atoms with Crippen LogP contribution in [0, 0.1) is 17.8 Å². The molecule has 6 rings (SSSR count). The smallest absolute Gasteiger partial charge is 0.277 e. The van der Waals surface area contributed by atoms with Crippen molar-refractivity contribution < 1.29 is 9.21 Å². The highest BCUT2D eigenvalue weighted by Gasteiger charge is 2.54. The minimum absolute atomic E-state index is 0.0474. The van der Waals surface area contributed by atoms with Gasteiger partial charge in [-0.3, -0.25) is 4.79 Å². The molecule has 154 valence electrons. The first kappa shape index (κ1) is 19.2. The maximum atomic E-state index is 12.6. The lowest BCUT2D eigenvalue weighted by molar-refractivity contribution is -0.115. The van der Waals surface area contributed by atoms with Crippen LogP contribution >= 0.6 is 11.8 Å². The molecule has 1 aromatic heterocycles. The van der Waals surface area contributed by atoms with Gasteiger partial charge in [0.15, 0.2) is 0 Å². The van der Waals surface area contributed by atoms with Crippen molar-refractivity contribution in [2.24, 2.45) is 17.8 Å². The molecule has 0 saturated heterocycles. The molecule has 2 aromatic rings. The van der Waals surface area contributed by atoms with E-state index in [4.69, 9.17) is 4.42 Å². The third-order valence-electron chi connectivity index (χ3n) is 7.17. The van der Waals surface area contributed by atoms with E-state index in [1.807, 2.05) is 31.2 Å². The van der Waals surface area contributed by atoms with Crippen molar-refractivity contribution in [2.45, 2.75) is 74.7 Å². The summed E-state index contributed by atoms with van der Waals surface area (Å²) in [6, 6.07) is 7.99. The van der Waals surface area contributed by atoms with Gasteiger partial charge in [-0.2, -0.15) is 0 Å². The van der Waals surface area contributed by atoms with Crippen LogP contribution in [0.5, 0.6) is 0 Å². The maximum absolute atomic E-state index is 12.6. The van der Waals surface area contributed by atoms with Gasteiger partial charge in [-0.15, -0.1) is 10.2 Å². The van der Waals surface area contributed by atoms with Crippen LogP contribution < -0.4 is 5.32 Å². The van der Waals surface area contributed by atoms with E-state index in [0.29, 0.717) is 5.22 Å². The van der Waals surface area contributed by atoms with Crippen molar-refractivity contribution in [3.05, 3.63) is 35.7 Å². The Kier molecular flexibility index (Phi) is 4.93. The molecule has 1 amide bonds. The zero-order chi connectivity index (χ0) is 20.0. The molecular formula is C23H29N3O2S. The van der Waals surface area contributed by atoms with E-state index in [2.05, 4.69) is 22.4 Å². The molecule has 1 heterocycles. The zero-order valence-corrected chi connectivity index (χ0v) is 18.0. The van der Waals surface area contributed by atoms with Gasteiger partial charge in [-0.05, 0) is 87.3 Å². The van der Waals surface area contributed by atoms with Gasteiger partial charge in [0.05, 0.1) is 5.25 Å². The van der Waals surface area contributed by atoms with E-state index >= 15 is 0 Å². The molecule has 0 unspecified atom stereocenters. The van der Waals surface area contributed by atoms with Crippen LogP contribution in [-0.4, -0.2) is 21.4 Å². The fraction of sp³-hybridized carbons (Fsp3) is 0.609. The summed E-state index contributed by atoms with van der Waals surface area (Å²) in [6.07, 6.45) is 8.78. The van der Waals surface area contributed by atoms with E-state index in [0.717, 1.165) is 35.8 Å². The molecule has 1 aromatic carbocycles. The van der Waals surface area contributed by atoms with Crippen LogP contribution in [0.1, 0.15) is 63.8 Å². The molecule has 4 fully saturated rings. The Labute approximate surface area is 176 Å². The van der Waals surface area contributed by atoms with Gasteiger partial charge >= 0.3 is 0 Å². The Balaban J connectivity index is 1.23. The van der Waals surface area contributed by atoms with Crippen molar-refractivity contribution in [3.8, 4) is 0 Å². The predicted molar refractivity (Wildman–Crippen MR) is 114 cm³/mol. The van der Waals surface area contributed by atoms with E-state index in [1.54, 1.807) is 0 Å². The molecule has 4 aliphatic carbocycles. The zero-order valence-electron chi connectivity index (χ0n) is 17.2. The molecule has 29 heavy (non-hydrogen) atoms. The van der Waals surface area contributed by atoms with Gasteiger partial charge in [0.25, 0.3) is 5.22 Å². The van der Waals surface area contributed by atoms with Crippen LogP contribution in [0.25, 0.3) is 0 Å². The molecule has 5 nitrogen and oxygen atoms in total. The van der Waals surface area contributed by atoms with E-state index in [1.165, 1.54) is 55.9 Å². The highest BCUT2D eigenvalue weighted by molar-refractivity contribution is 8.00. The molecule has 0 radical (unpaired) electrons. The number of nitrogens with zero attached hydrogens (tertiary/aromatic N) is 2. The fourth-order valence-electron chi connectivity index (χ4n) is 6.12. The van der Waals surface area contributed by atoms with Crippen molar-refractivity contribution in [1.82, 2.24) is 10.2 Å². The van der Waals surface area contributed by atoms with Crippen LogP contribution in [0.15, 0.2) is 33.9 Å². The predicted octanol–water partition coefficient (Wildman–Crippen LogP) is 5.22. The lowest BCUT2D eigenvalue weighted by atomic mass is 9.49. The number of rotatable bonds is 6. The number of anilines is 1. The number of carbonyl (C=O) groups excluding carboxylic acids is 1. The summed E-state index contributed by atoms with van der Waals surface area (Å²) in [4.78, 5) is 12.6. The number of hydrogen-bond acceptors (Lipinski definition) is 5. The Morgan fingerprint density at radius 3 is 2.34 bits per heavy atom. The molecule has 4 saturated carbocycles. The number of carbonyl (C=O) groups is 1. The standard InChI is InChI=1S/C23H29N3O2S/c1-3-15-4-6-19(7-5-15)24-20(27)14(2)29-22-26-25-21(28-22)23-11-16-8-17(12-23)10-18(9-16)13-23/h4-7,14,16-18H,3,8-13H2,1-2H3,(H,24,27)/t14-,16?,17?,18?,23?/m1/s1. The third kappa shape index (κ3) is 3.72. The first-order valence-electron chi connectivity index (χ1n) is 10.9. The number of nitrogens with one attached hydrogen (secondary N) is 1. The molecule has 4 bridgehead atoms. The summed E-state index contributed by atoms with van der Waals surface area (Å²) in [5, 5.41) is 11.9. The van der Waals surface area contributed by atoms with Crippen molar-refractivity contribution in [3.63, 3.8) is 0 Å². The fourth-order valence-corrected chi connectivity index (χ4v) is 6.80. The SMILES string of the molecule is CCc1ccc(NC(=O)[C@@H](C)Sc2nnc(C34CC5CC(CC(C5)C3)C4)o2)cc1. The van der Waals surface area contributed by atoms with Crippen LogP contribution in [-0.2, 0) is 16.6 Å². The largest absolute Gasteiger partial charge is 0.415 e. The Morgan fingerprint density at radius 1 is 1.14 bits per heavy atom. The first-order valence-corrected chi connectivity index (χ1v) is 11.8. The van der Waals surface area contributed by atoms with Crippen LogP contribution in [0.2, 0.25) is 0 Å². The minimum Gasteiger partial charge on any atom is -0.415 e. The number of benzene rings is 1. The summed E-state index contributed by atoms with van der Waals surface area (Å²) >= 11 is 1.35. The normalized spacial score (nSPS) is 31.0. The average molecular weight is 412 g/mol. The van der Waals surface area contributed by atoms with Crippen molar-refractivity contribution in [1.29, 1.82) is 0 Å². The summed E-state index contributed by atoms with van der Waals surface area (Å²) in [5.74, 6) is 3.30. The molecule has 0 aliphatic heterocycles. The quantitative estimate of drug-likeness (QED) is 0.660. The molecule has 6 heteroatoms.